The number of fused-ring (bicyclic) bond motifs is 2. The topological polar surface area (TPSA) is 51.0 Å². The van der Waals surface area contributed by atoms with Gasteiger partial charge in [-0.25, -0.2) is 8.78 Å². The van der Waals surface area contributed by atoms with Crippen molar-refractivity contribution in [3.05, 3.63) is 53.6 Å². The molecule has 1 saturated carbocycles. The zero-order chi connectivity index (χ0) is 20.7. The van der Waals surface area contributed by atoms with Crippen LogP contribution in [0.25, 0.3) is 5.70 Å². The molecule has 1 aromatic rings. The van der Waals surface area contributed by atoms with Crippen molar-refractivity contribution >= 4 is 17.1 Å². The summed E-state index contributed by atoms with van der Waals surface area (Å²) in [4.78, 5) is 0. The van der Waals surface area contributed by atoms with E-state index in [2.05, 4.69) is 16.8 Å². The Balaban J connectivity index is 1.98. The summed E-state index contributed by atoms with van der Waals surface area (Å²) in [6.45, 7) is 3.74. The summed E-state index contributed by atoms with van der Waals surface area (Å²) < 4.78 is 79.9. The van der Waals surface area contributed by atoms with Crippen LogP contribution in [0.15, 0.2) is 46.7 Å². The van der Waals surface area contributed by atoms with E-state index in [0.29, 0.717) is 18.4 Å². The van der Waals surface area contributed by atoms with Gasteiger partial charge in [0.25, 0.3) is 0 Å². The number of allylic oxidation sites excluding steroid dienone is 2. The molecule has 4 nitrogen and oxygen atoms in total. The van der Waals surface area contributed by atoms with Gasteiger partial charge in [0.1, 0.15) is 11.6 Å². The molecule has 0 radical (unpaired) electrons. The fourth-order valence-corrected chi connectivity index (χ4v) is 4.60. The molecule has 1 aromatic carbocycles. The summed E-state index contributed by atoms with van der Waals surface area (Å²) in [5.74, 6) is -1.89. The van der Waals surface area contributed by atoms with Crippen molar-refractivity contribution in [3.8, 4) is 0 Å². The highest BCUT2D eigenvalue weighted by molar-refractivity contribution is 7.90. The minimum absolute atomic E-state index is 0.0807. The quantitative estimate of drug-likeness (QED) is 0.512. The molecular formula is C18H18F5N3OS. The third-order valence-corrected chi connectivity index (χ3v) is 6.59. The lowest BCUT2D eigenvalue weighted by Crippen LogP contribution is -2.53. The molecule has 2 bridgehead atoms. The van der Waals surface area contributed by atoms with Gasteiger partial charge in [-0.15, -0.1) is 17.5 Å². The third kappa shape index (κ3) is 3.85. The number of hydrogen-bond donors (Lipinski definition) is 0. The van der Waals surface area contributed by atoms with Gasteiger partial charge in [0.2, 0.25) is 0 Å². The average Bonchev–Trinajstić information content (AvgIpc) is 3.06. The minimum atomic E-state index is -4.89. The predicted octanol–water partition coefficient (Wildman–Crippen LogP) is 4.98. The maximum absolute atomic E-state index is 14.1. The summed E-state index contributed by atoms with van der Waals surface area (Å²) in [6, 6.07) is 3.38. The number of nitrogens with zero attached hydrogens (tertiary/aromatic N) is 3. The molecule has 3 atom stereocenters. The number of hydrogen-bond acceptors (Lipinski definition) is 4. The van der Waals surface area contributed by atoms with Crippen LogP contribution in [0.3, 0.4) is 0 Å². The first-order chi connectivity index (χ1) is 13.0. The molecule has 0 aromatic heterocycles. The highest BCUT2D eigenvalue weighted by Crippen LogP contribution is 2.46. The van der Waals surface area contributed by atoms with Gasteiger partial charge < -0.3 is 4.55 Å². The van der Waals surface area contributed by atoms with E-state index in [1.807, 2.05) is 0 Å². The largest absolute Gasteiger partial charge is 0.593 e. The van der Waals surface area contributed by atoms with Crippen molar-refractivity contribution in [1.82, 2.24) is 4.31 Å². The van der Waals surface area contributed by atoms with Crippen LogP contribution < -0.4 is 0 Å². The number of rotatable bonds is 3. The highest BCUT2D eigenvalue weighted by Gasteiger charge is 2.56. The average molecular weight is 419 g/mol. The van der Waals surface area contributed by atoms with Crippen molar-refractivity contribution in [1.29, 1.82) is 0 Å². The molecule has 2 aliphatic rings. The lowest BCUT2D eigenvalue weighted by molar-refractivity contribution is -0.0511. The molecule has 10 heteroatoms. The van der Waals surface area contributed by atoms with Gasteiger partial charge in [0, 0.05) is 7.05 Å². The normalized spacial score (nSPS) is 29.6. The molecule has 0 saturated heterocycles. The molecule has 28 heavy (non-hydrogen) atoms. The summed E-state index contributed by atoms with van der Waals surface area (Å²) in [5.41, 5.74) is -5.98. The molecule has 1 heterocycles. The van der Waals surface area contributed by atoms with Crippen molar-refractivity contribution in [2.24, 2.45) is 16.1 Å². The van der Waals surface area contributed by atoms with Crippen LogP contribution in [0.1, 0.15) is 24.8 Å². The van der Waals surface area contributed by atoms with E-state index < -0.39 is 34.0 Å². The Hall–Kier alpha value is -1.78. The molecular weight excluding hydrogens is 401 g/mol. The van der Waals surface area contributed by atoms with Crippen LogP contribution in [0.4, 0.5) is 22.0 Å². The second-order valence-electron chi connectivity index (χ2n) is 6.96. The van der Waals surface area contributed by atoms with Crippen LogP contribution in [0.5, 0.6) is 0 Å². The van der Waals surface area contributed by atoms with Crippen LogP contribution >= 0.6 is 0 Å². The number of alkyl halides is 3. The van der Waals surface area contributed by atoms with Crippen LogP contribution in [-0.4, -0.2) is 33.5 Å². The van der Waals surface area contributed by atoms with Gasteiger partial charge in [-0.2, -0.15) is 10.2 Å². The zero-order valence-corrected chi connectivity index (χ0v) is 15.8. The first-order valence-electron chi connectivity index (χ1n) is 8.50. The second kappa shape index (κ2) is 7.57. The first-order valence-corrected chi connectivity index (χ1v) is 9.61. The predicted molar refractivity (Wildman–Crippen MR) is 95.2 cm³/mol. The van der Waals surface area contributed by atoms with E-state index in [1.165, 1.54) is 12.1 Å². The monoisotopic (exact) mass is 419 g/mol. The van der Waals surface area contributed by atoms with Crippen LogP contribution in [0, 0.1) is 17.6 Å². The molecule has 1 aliphatic heterocycles. The number of likely N-dealkylation sites (N-methyl/N-ethyl adjacent to an activating group) is 1. The first kappa shape index (κ1) is 20.9. The Morgan fingerprint density at radius 1 is 1.29 bits per heavy atom. The van der Waals surface area contributed by atoms with Crippen molar-refractivity contribution in [3.63, 3.8) is 0 Å². The Morgan fingerprint density at radius 3 is 2.54 bits per heavy atom. The Kier molecular flexibility index (Phi) is 5.66. The summed E-state index contributed by atoms with van der Waals surface area (Å²) >= 11 is -3.21. The van der Waals surface area contributed by atoms with Gasteiger partial charge in [-0.1, -0.05) is 12.6 Å². The zero-order valence-electron chi connectivity index (χ0n) is 15.0. The van der Waals surface area contributed by atoms with Crippen LogP contribution in [0.2, 0.25) is 0 Å². The minimum Gasteiger partial charge on any atom is -0.591 e. The van der Waals surface area contributed by atoms with E-state index in [1.54, 1.807) is 0 Å². The standard InChI is InChI=1S/C18H18F5N3OS/c1-11-8-15(16-13(19)4-3-5-14(16)20)25-24-10-17(7-6-12(11)9-17)26(2)28(27)18(21,22)23/h3-5,8,12H,1,6-7,9-10H2,2H3/b15-8-,25-24-/t12-,17-,28?/m1/s1. The Labute approximate surface area is 162 Å². The van der Waals surface area contributed by atoms with Crippen molar-refractivity contribution in [2.75, 3.05) is 13.6 Å². The third-order valence-electron chi connectivity index (χ3n) is 5.31. The van der Waals surface area contributed by atoms with E-state index in [0.717, 1.165) is 23.5 Å². The fraction of sp³-hybridized carbons (Fsp3) is 0.444. The van der Waals surface area contributed by atoms with E-state index >= 15 is 0 Å². The summed E-state index contributed by atoms with van der Waals surface area (Å²) in [7, 11) is 1.15. The summed E-state index contributed by atoms with van der Waals surface area (Å²) in [5, 5.41) is 7.83. The SMILES string of the molecule is C=C1/C=C(c2c(F)cccc2F)\N=N/C[C@@]2(N(C)[S+]([O-])C(F)(F)F)CC[C@@H]1C2. The van der Waals surface area contributed by atoms with Crippen molar-refractivity contribution in [2.45, 2.75) is 30.3 Å². The van der Waals surface area contributed by atoms with Crippen molar-refractivity contribution < 1.29 is 26.5 Å². The fourth-order valence-electron chi connectivity index (χ4n) is 3.71. The van der Waals surface area contributed by atoms with E-state index in [4.69, 9.17) is 0 Å². The van der Waals surface area contributed by atoms with E-state index in [-0.39, 0.29) is 30.1 Å². The smallest absolute Gasteiger partial charge is 0.591 e. The molecule has 0 N–H and O–H groups in total. The molecule has 152 valence electrons. The molecule has 1 unspecified atom stereocenters. The summed E-state index contributed by atoms with van der Waals surface area (Å²) in [6.07, 6.45) is 2.48. The second-order valence-corrected chi connectivity index (χ2v) is 8.47. The van der Waals surface area contributed by atoms with E-state index in [9.17, 15) is 26.5 Å². The van der Waals surface area contributed by atoms with Gasteiger partial charge in [-0.05, 0) is 49.0 Å². The van der Waals surface area contributed by atoms with Gasteiger partial charge in [-0.3, -0.25) is 0 Å². The van der Waals surface area contributed by atoms with Gasteiger partial charge >= 0.3 is 5.51 Å². The maximum Gasteiger partial charge on any atom is 0.593 e. The lowest BCUT2D eigenvalue weighted by Gasteiger charge is -2.36. The van der Waals surface area contributed by atoms with Gasteiger partial charge in [0.05, 0.1) is 23.3 Å². The Bertz CT molecular complexity index is 821. The number of azo groups is 1. The van der Waals surface area contributed by atoms with Gasteiger partial charge in [0.15, 0.2) is 11.4 Å². The molecule has 3 rings (SSSR count). The molecule has 0 spiro atoms. The lowest BCUT2D eigenvalue weighted by atomic mass is 9.92. The van der Waals surface area contributed by atoms with Crippen LogP contribution in [-0.2, 0) is 11.4 Å². The number of benzene rings is 1. The maximum atomic E-state index is 14.1. The molecule has 1 aliphatic carbocycles. The highest BCUT2D eigenvalue weighted by atomic mass is 32.2. The number of halogens is 5. The Morgan fingerprint density at radius 2 is 1.93 bits per heavy atom. The molecule has 0 amide bonds. The molecule has 1 fully saturated rings.